The summed E-state index contributed by atoms with van der Waals surface area (Å²) in [6.07, 6.45) is -2.93. The molecule has 7 rings (SSSR count). The van der Waals surface area contributed by atoms with Crippen LogP contribution in [0, 0.1) is 0 Å². The molecule has 51 heavy (non-hydrogen) atoms. The molecule has 1 aliphatic heterocycles. The van der Waals surface area contributed by atoms with Crippen LogP contribution in [0.3, 0.4) is 0 Å². The first kappa shape index (κ1) is 34.8. The van der Waals surface area contributed by atoms with Gasteiger partial charge in [-0.25, -0.2) is 0 Å². The molecule has 1 fully saturated rings. The first-order valence-electron chi connectivity index (χ1n) is 17.4. The molecule has 7 heteroatoms. The Bertz CT molecular complexity index is 1980. The lowest BCUT2D eigenvalue weighted by Crippen LogP contribution is -2.61. The molecular formula is C44H44O7. The Morgan fingerprint density at radius 2 is 0.980 bits per heavy atom. The molecule has 0 amide bonds. The molecule has 0 saturated carbocycles. The monoisotopic (exact) mass is 684 g/mol. The number of fused-ring (bicyclic) bond motifs is 2. The average Bonchev–Trinajstić information content (AvgIpc) is 3.19. The van der Waals surface area contributed by atoms with E-state index in [2.05, 4.69) is 60.7 Å². The van der Waals surface area contributed by atoms with E-state index in [1.165, 1.54) is 10.8 Å². The van der Waals surface area contributed by atoms with Crippen LogP contribution in [0.4, 0.5) is 0 Å². The van der Waals surface area contributed by atoms with Crippen LogP contribution in [0.1, 0.15) is 22.3 Å². The fourth-order valence-electron chi connectivity index (χ4n) is 6.59. The van der Waals surface area contributed by atoms with Crippen molar-refractivity contribution in [1.82, 2.24) is 0 Å². The summed E-state index contributed by atoms with van der Waals surface area (Å²) in [5, 5.41) is 4.67. The van der Waals surface area contributed by atoms with Gasteiger partial charge >= 0.3 is 0 Å². The standard InChI is InChI=1S/C44H44O7/c1-45-39-22-18-32(19-23-39)27-48-41-40(30-47-26-31-10-4-3-5-11-31)51-44(46-2)43(50-29-34-17-21-36-13-7-9-15-38(36)25-34)42(41)49-28-33-16-20-35-12-6-8-14-37(35)24-33/h3-25,40-44H,26-30H2,1-2H3/t40-,41-,42+,43-,44+/m1/s1. The van der Waals surface area contributed by atoms with Crippen molar-refractivity contribution in [3.8, 4) is 5.75 Å². The number of hydrogen-bond donors (Lipinski definition) is 0. The van der Waals surface area contributed by atoms with Crippen LogP contribution in [-0.2, 0) is 54.8 Å². The van der Waals surface area contributed by atoms with Crippen molar-refractivity contribution >= 4 is 21.5 Å². The summed E-state index contributed by atoms with van der Waals surface area (Å²) in [4.78, 5) is 0. The predicted octanol–water partition coefficient (Wildman–Crippen LogP) is 8.65. The Morgan fingerprint density at radius 1 is 0.471 bits per heavy atom. The van der Waals surface area contributed by atoms with Gasteiger partial charge in [-0.05, 0) is 68.1 Å². The van der Waals surface area contributed by atoms with Crippen LogP contribution < -0.4 is 4.74 Å². The molecule has 0 bridgehead atoms. The van der Waals surface area contributed by atoms with Gasteiger partial charge in [0.2, 0.25) is 0 Å². The molecule has 0 radical (unpaired) electrons. The minimum absolute atomic E-state index is 0.273. The Kier molecular flexibility index (Phi) is 11.7. The molecule has 1 saturated heterocycles. The zero-order valence-corrected chi connectivity index (χ0v) is 29.1. The second-order valence-electron chi connectivity index (χ2n) is 12.8. The molecule has 1 heterocycles. The van der Waals surface area contributed by atoms with Crippen molar-refractivity contribution in [1.29, 1.82) is 0 Å². The molecule has 7 nitrogen and oxygen atoms in total. The Labute approximate surface area is 299 Å². The maximum atomic E-state index is 6.87. The highest BCUT2D eigenvalue weighted by molar-refractivity contribution is 5.83. The maximum Gasteiger partial charge on any atom is 0.186 e. The Hall–Kier alpha value is -4.60. The lowest BCUT2D eigenvalue weighted by molar-refractivity contribution is -0.323. The van der Waals surface area contributed by atoms with Gasteiger partial charge in [-0.2, -0.15) is 0 Å². The van der Waals surface area contributed by atoms with E-state index in [0.29, 0.717) is 26.4 Å². The van der Waals surface area contributed by atoms with E-state index in [4.69, 9.17) is 33.2 Å². The van der Waals surface area contributed by atoms with Crippen molar-refractivity contribution in [3.63, 3.8) is 0 Å². The SMILES string of the molecule is COc1ccc(CO[C@H]2[C@H](OCc3ccc4ccccc4c3)[C@@H](OCc3ccc4ccccc4c3)[C@@H](OC)O[C@@H]2COCc2ccccc2)cc1. The van der Waals surface area contributed by atoms with Gasteiger partial charge in [-0.1, -0.05) is 115 Å². The van der Waals surface area contributed by atoms with Crippen LogP contribution >= 0.6 is 0 Å². The van der Waals surface area contributed by atoms with Crippen molar-refractivity contribution in [2.45, 2.75) is 57.1 Å². The van der Waals surface area contributed by atoms with Gasteiger partial charge in [-0.15, -0.1) is 0 Å². The van der Waals surface area contributed by atoms with Crippen LogP contribution in [0.2, 0.25) is 0 Å². The third kappa shape index (κ3) is 8.83. The lowest BCUT2D eigenvalue weighted by atomic mass is 9.97. The normalized spacial score (nSPS) is 20.5. The summed E-state index contributed by atoms with van der Waals surface area (Å²) in [5.41, 5.74) is 4.16. The van der Waals surface area contributed by atoms with Gasteiger partial charge in [0.25, 0.3) is 0 Å². The number of rotatable bonds is 15. The minimum Gasteiger partial charge on any atom is -0.497 e. The quantitative estimate of drug-likeness (QED) is 0.107. The second kappa shape index (κ2) is 17.1. The fraction of sp³-hybridized carbons (Fsp3) is 0.273. The van der Waals surface area contributed by atoms with Gasteiger partial charge in [0.05, 0.1) is 40.1 Å². The molecule has 0 aliphatic carbocycles. The van der Waals surface area contributed by atoms with Crippen LogP contribution in [0.25, 0.3) is 21.5 Å². The molecule has 0 spiro atoms. The highest BCUT2D eigenvalue weighted by Gasteiger charge is 2.48. The summed E-state index contributed by atoms with van der Waals surface area (Å²) in [6, 6.07) is 47.4. The predicted molar refractivity (Wildman–Crippen MR) is 198 cm³/mol. The van der Waals surface area contributed by atoms with Crippen LogP contribution in [0.15, 0.2) is 140 Å². The van der Waals surface area contributed by atoms with E-state index in [9.17, 15) is 0 Å². The third-order valence-corrected chi connectivity index (χ3v) is 9.33. The van der Waals surface area contributed by atoms with Crippen LogP contribution in [-0.4, -0.2) is 51.5 Å². The molecule has 6 aromatic carbocycles. The summed E-state index contributed by atoms with van der Waals surface area (Å²) in [5.74, 6) is 0.786. The van der Waals surface area contributed by atoms with E-state index < -0.39 is 30.7 Å². The minimum atomic E-state index is -0.724. The molecule has 0 N–H and O–H groups in total. The second-order valence-corrected chi connectivity index (χ2v) is 12.8. The first-order chi connectivity index (χ1) is 25.2. The van der Waals surface area contributed by atoms with Crippen molar-refractivity contribution in [2.75, 3.05) is 20.8 Å². The maximum absolute atomic E-state index is 6.87. The number of benzene rings is 6. The Balaban J connectivity index is 1.17. The first-order valence-corrected chi connectivity index (χ1v) is 17.4. The smallest absolute Gasteiger partial charge is 0.186 e. The van der Waals surface area contributed by atoms with E-state index in [0.717, 1.165) is 38.8 Å². The fourth-order valence-corrected chi connectivity index (χ4v) is 6.59. The molecule has 5 atom stereocenters. The lowest BCUT2D eigenvalue weighted by Gasteiger charge is -2.45. The van der Waals surface area contributed by atoms with Gasteiger partial charge in [0.15, 0.2) is 6.29 Å². The zero-order chi connectivity index (χ0) is 34.8. The highest BCUT2D eigenvalue weighted by atomic mass is 16.7. The number of methoxy groups -OCH3 is 2. The number of ether oxygens (including phenoxy) is 7. The summed E-state index contributed by atoms with van der Waals surface area (Å²) < 4.78 is 44.6. The highest BCUT2D eigenvalue weighted by Crippen LogP contribution is 2.32. The van der Waals surface area contributed by atoms with Crippen LogP contribution in [0.5, 0.6) is 5.75 Å². The largest absolute Gasteiger partial charge is 0.497 e. The molecule has 0 aromatic heterocycles. The Morgan fingerprint density at radius 3 is 1.59 bits per heavy atom. The summed E-state index contributed by atoms with van der Waals surface area (Å²) in [6.45, 7) is 1.73. The van der Waals surface area contributed by atoms with E-state index in [1.54, 1.807) is 14.2 Å². The van der Waals surface area contributed by atoms with Gasteiger partial charge < -0.3 is 33.2 Å². The molecule has 6 aromatic rings. The van der Waals surface area contributed by atoms with Crippen molar-refractivity contribution in [3.05, 3.63) is 162 Å². The van der Waals surface area contributed by atoms with Gasteiger partial charge in [-0.3, -0.25) is 0 Å². The van der Waals surface area contributed by atoms with E-state index >= 15 is 0 Å². The van der Waals surface area contributed by atoms with Gasteiger partial charge in [0, 0.05) is 7.11 Å². The van der Waals surface area contributed by atoms with E-state index in [1.807, 2.05) is 78.9 Å². The summed E-state index contributed by atoms with van der Waals surface area (Å²) >= 11 is 0. The number of hydrogen-bond acceptors (Lipinski definition) is 7. The van der Waals surface area contributed by atoms with E-state index in [-0.39, 0.29) is 6.61 Å². The van der Waals surface area contributed by atoms with Crippen molar-refractivity contribution in [2.24, 2.45) is 0 Å². The topological polar surface area (TPSA) is 64.6 Å². The summed E-state index contributed by atoms with van der Waals surface area (Å²) in [7, 11) is 3.30. The average molecular weight is 685 g/mol. The molecule has 1 aliphatic rings. The zero-order valence-electron chi connectivity index (χ0n) is 29.1. The molecular weight excluding hydrogens is 640 g/mol. The van der Waals surface area contributed by atoms with Crippen molar-refractivity contribution < 1.29 is 33.2 Å². The molecule has 0 unspecified atom stereocenters. The third-order valence-electron chi connectivity index (χ3n) is 9.33. The molecule has 262 valence electrons. The van der Waals surface area contributed by atoms with Gasteiger partial charge in [0.1, 0.15) is 30.2 Å².